The number of alkyl halides is 1. The largest absolute Gasteiger partial charge is 0.493 e. The summed E-state index contributed by atoms with van der Waals surface area (Å²) in [5.41, 5.74) is 1.14. The summed E-state index contributed by atoms with van der Waals surface area (Å²) in [6.45, 7) is 0. The van der Waals surface area contributed by atoms with Crippen molar-refractivity contribution in [3.63, 3.8) is 0 Å². The number of methoxy groups -OCH3 is 2. The maximum absolute atomic E-state index is 13.8. The molecule has 0 aliphatic heterocycles. The van der Waals surface area contributed by atoms with Gasteiger partial charge in [0.1, 0.15) is 5.82 Å². The summed E-state index contributed by atoms with van der Waals surface area (Å²) in [7, 11) is 3.10. The van der Waals surface area contributed by atoms with E-state index in [1.807, 2.05) is 0 Å². The lowest BCUT2D eigenvalue weighted by atomic mass is 10.0. The van der Waals surface area contributed by atoms with Crippen LogP contribution in [0.5, 0.6) is 11.5 Å². The third kappa shape index (κ3) is 2.91. The Bertz CT molecular complexity index is 619. The molecule has 0 aromatic heterocycles. The number of hydrogen-bond donors (Lipinski definition) is 0. The number of ether oxygens (including phenoxy) is 2. The molecule has 0 amide bonds. The van der Waals surface area contributed by atoms with Crippen molar-refractivity contribution < 1.29 is 13.9 Å². The molecule has 0 bridgehead atoms. The Morgan fingerprint density at radius 3 is 2.25 bits per heavy atom. The van der Waals surface area contributed by atoms with E-state index in [9.17, 15) is 4.39 Å². The van der Waals surface area contributed by atoms with Gasteiger partial charge in [0.2, 0.25) is 0 Å². The summed E-state index contributed by atoms with van der Waals surface area (Å²) >= 11 is 9.83. The zero-order valence-corrected chi connectivity index (χ0v) is 13.3. The lowest BCUT2D eigenvalue weighted by Gasteiger charge is -2.16. The van der Waals surface area contributed by atoms with Crippen LogP contribution in [-0.2, 0) is 0 Å². The fourth-order valence-corrected chi connectivity index (χ4v) is 2.95. The van der Waals surface area contributed by atoms with Crippen molar-refractivity contribution in [1.29, 1.82) is 0 Å². The highest BCUT2D eigenvalue weighted by atomic mass is 79.9. The molecule has 0 radical (unpaired) electrons. The van der Waals surface area contributed by atoms with Gasteiger partial charge in [-0.1, -0.05) is 34.1 Å². The SMILES string of the molecule is COc1cc(Br)c(C(Cl)c2ccccc2F)cc1OC. The van der Waals surface area contributed by atoms with Crippen molar-refractivity contribution in [1.82, 2.24) is 0 Å². The minimum atomic E-state index is -0.620. The van der Waals surface area contributed by atoms with E-state index in [1.54, 1.807) is 44.6 Å². The van der Waals surface area contributed by atoms with E-state index in [4.69, 9.17) is 21.1 Å². The summed E-state index contributed by atoms with van der Waals surface area (Å²) in [6, 6.07) is 9.93. The van der Waals surface area contributed by atoms with E-state index in [-0.39, 0.29) is 5.82 Å². The molecule has 106 valence electrons. The minimum Gasteiger partial charge on any atom is -0.493 e. The van der Waals surface area contributed by atoms with Crippen LogP contribution in [0.25, 0.3) is 0 Å². The second-order valence-electron chi connectivity index (χ2n) is 4.11. The summed E-state index contributed by atoms with van der Waals surface area (Å²) < 4.78 is 25.0. The molecular formula is C15H13BrClFO2. The second-order valence-corrected chi connectivity index (χ2v) is 5.40. The van der Waals surface area contributed by atoms with Gasteiger partial charge in [-0.3, -0.25) is 0 Å². The molecule has 0 spiro atoms. The van der Waals surface area contributed by atoms with Gasteiger partial charge in [0.25, 0.3) is 0 Å². The predicted octanol–water partition coefficient (Wildman–Crippen LogP) is 4.93. The molecule has 0 aliphatic rings. The fourth-order valence-electron chi connectivity index (χ4n) is 1.91. The normalized spacial score (nSPS) is 12.1. The van der Waals surface area contributed by atoms with E-state index in [1.165, 1.54) is 6.07 Å². The van der Waals surface area contributed by atoms with Gasteiger partial charge in [-0.15, -0.1) is 11.6 Å². The first kappa shape index (κ1) is 15.1. The van der Waals surface area contributed by atoms with Crippen molar-refractivity contribution >= 4 is 27.5 Å². The average Bonchev–Trinajstić information content (AvgIpc) is 2.46. The van der Waals surface area contributed by atoms with Crippen LogP contribution in [-0.4, -0.2) is 14.2 Å². The van der Waals surface area contributed by atoms with Crippen molar-refractivity contribution in [3.8, 4) is 11.5 Å². The lowest BCUT2D eigenvalue weighted by Crippen LogP contribution is -2.00. The molecule has 0 aliphatic carbocycles. The Morgan fingerprint density at radius 1 is 1.05 bits per heavy atom. The Hall–Kier alpha value is -1.26. The first-order valence-corrected chi connectivity index (χ1v) is 7.11. The van der Waals surface area contributed by atoms with Gasteiger partial charge >= 0.3 is 0 Å². The van der Waals surface area contributed by atoms with Crippen molar-refractivity contribution in [3.05, 3.63) is 57.8 Å². The number of hydrogen-bond acceptors (Lipinski definition) is 2. The highest BCUT2D eigenvalue weighted by Gasteiger charge is 2.20. The van der Waals surface area contributed by atoms with Crippen LogP contribution < -0.4 is 9.47 Å². The monoisotopic (exact) mass is 358 g/mol. The molecule has 0 heterocycles. The summed E-state index contributed by atoms with van der Waals surface area (Å²) in [5.74, 6) is 0.794. The van der Waals surface area contributed by atoms with E-state index in [0.717, 1.165) is 10.0 Å². The van der Waals surface area contributed by atoms with Crippen molar-refractivity contribution in [2.45, 2.75) is 5.38 Å². The Labute approximate surface area is 130 Å². The lowest BCUT2D eigenvalue weighted by molar-refractivity contribution is 0.354. The van der Waals surface area contributed by atoms with Crippen LogP contribution in [0.2, 0.25) is 0 Å². The molecule has 20 heavy (non-hydrogen) atoms. The number of benzene rings is 2. The third-order valence-electron chi connectivity index (χ3n) is 2.95. The fraction of sp³-hybridized carbons (Fsp3) is 0.200. The van der Waals surface area contributed by atoms with Gasteiger partial charge < -0.3 is 9.47 Å². The Morgan fingerprint density at radius 2 is 1.65 bits per heavy atom. The summed E-state index contributed by atoms with van der Waals surface area (Å²) in [6.07, 6.45) is 0. The molecule has 2 nitrogen and oxygen atoms in total. The topological polar surface area (TPSA) is 18.5 Å². The van der Waals surface area contributed by atoms with Gasteiger partial charge in [0.15, 0.2) is 11.5 Å². The zero-order valence-electron chi connectivity index (χ0n) is 11.0. The van der Waals surface area contributed by atoms with Crippen LogP contribution in [0.15, 0.2) is 40.9 Å². The second kappa shape index (κ2) is 6.46. The molecule has 5 heteroatoms. The molecule has 1 atom stereocenters. The molecule has 0 saturated heterocycles. The first-order chi connectivity index (χ1) is 9.58. The Kier molecular flexibility index (Phi) is 4.89. The Balaban J connectivity index is 2.50. The molecule has 0 saturated carbocycles. The molecule has 0 fully saturated rings. The third-order valence-corrected chi connectivity index (χ3v) is 4.11. The zero-order chi connectivity index (χ0) is 14.7. The van der Waals surface area contributed by atoms with Crippen LogP contribution in [0.3, 0.4) is 0 Å². The van der Waals surface area contributed by atoms with Crippen molar-refractivity contribution in [2.24, 2.45) is 0 Å². The van der Waals surface area contributed by atoms with Crippen LogP contribution in [0.4, 0.5) is 4.39 Å². The minimum absolute atomic E-state index is 0.339. The standard InChI is InChI=1S/C15H13BrClFO2/c1-19-13-7-10(11(16)8-14(13)20-2)15(17)9-5-3-4-6-12(9)18/h3-8,15H,1-2H3. The maximum atomic E-state index is 13.8. The molecule has 2 aromatic rings. The van der Waals surface area contributed by atoms with E-state index in [2.05, 4.69) is 15.9 Å². The molecule has 2 rings (SSSR count). The quantitative estimate of drug-likeness (QED) is 0.720. The molecule has 2 aromatic carbocycles. The van der Waals surface area contributed by atoms with E-state index < -0.39 is 5.38 Å². The molecule has 0 N–H and O–H groups in total. The van der Waals surface area contributed by atoms with Crippen LogP contribution in [0.1, 0.15) is 16.5 Å². The number of rotatable bonds is 4. The van der Waals surface area contributed by atoms with Gasteiger partial charge in [0.05, 0.1) is 19.6 Å². The molecule has 1 unspecified atom stereocenters. The van der Waals surface area contributed by atoms with Gasteiger partial charge in [-0.2, -0.15) is 0 Å². The van der Waals surface area contributed by atoms with Gasteiger partial charge in [-0.25, -0.2) is 4.39 Å². The van der Waals surface area contributed by atoms with Crippen LogP contribution in [0, 0.1) is 5.82 Å². The van der Waals surface area contributed by atoms with E-state index >= 15 is 0 Å². The predicted molar refractivity (Wildman–Crippen MR) is 81.3 cm³/mol. The van der Waals surface area contributed by atoms with Crippen LogP contribution >= 0.6 is 27.5 Å². The maximum Gasteiger partial charge on any atom is 0.161 e. The smallest absolute Gasteiger partial charge is 0.161 e. The summed E-state index contributed by atoms with van der Waals surface area (Å²) in [5, 5.41) is -0.620. The summed E-state index contributed by atoms with van der Waals surface area (Å²) in [4.78, 5) is 0. The first-order valence-electron chi connectivity index (χ1n) is 5.88. The van der Waals surface area contributed by atoms with Gasteiger partial charge in [-0.05, 0) is 23.8 Å². The van der Waals surface area contributed by atoms with Crippen molar-refractivity contribution in [2.75, 3.05) is 14.2 Å². The van der Waals surface area contributed by atoms with Gasteiger partial charge in [0, 0.05) is 10.0 Å². The average molecular weight is 360 g/mol. The van der Waals surface area contributed by atoms with E-state index in [0.29, 0.717) is 17.1 Å². The molecular weight excluding hydrogens is 347 g/mol. The highest BCUT2D eigenvalue weighted by Crippen LogP contribution is 2.41. The highest BCUT2D eigenvalue weighted by molar-refractivity contribution is 9.10. The number of halogens is 3.